The van der Waals surface area contributed by atoms with Crippen LogP contribution in [-0.2, 0) is 0 Å². The predicted octanol–water partition coefficient (Wildman–Crippen LogP) is 3.28. The fourth-order valence-corrected chi connectivity index (χ4v) is 2.24. The molecule has 8 heteroatoms. The maximum Gasteiger partial charge on any atom is 0.321 e. The van der Waals surface area contributed by atoms with E-state index in [4.69, 9.17) is 0 Å². The first-order chi connectivity index (χ1) is 9.99. The van der Waals surface area contributed by atoms with Crippen molar-refractivity contribution in [3.63, 3.8) is 0 Å². The van der Waals surface area contributed by atoms with E-state index in [0.717, 1.165) is 25.7 Å². The van der Waals surface area contributed by atoms with Crippen LogP contribution in [0.1, 0.15) is 25.7 Å². The molecule has 1 N–H and O–H groups in total. The molecule has 0 atom stereocenters. The van der Waals surface area contributed by atoms with Crippen LogP contribution in [-0.4, -0.2) is 28.9 Å². The zero-order valence-corrected chi connectivity index (χ0v) is 11.3. The molecule has 1 fully saturated rings. The van der Waals surface area contributed by atoms with Crippen molar-refractivity contribution in [1.82, 2.24) is 4.90 Å². The van der Waals surface area contributed by atoms with Crippen LogP contribution in [0.4, 0.5) is 25.0 Å². The Labute approximate surface area is 119 Å². The Balaban J connectivity index is 2.16. The van der Waals surface area contributed by atoms with E-state index in [9.17, 15) is 23.7 Å². The summed E-state index contributed by atoms with van der Waals surface area (Å²) >= 11 is 0. The number of halogens is 2. The second-order valence-electron chi connectivity index (χ2n) is 4.87. The highest BCUT2D eigenvalue weighted by atomic mass is 19.1. The summed E-state index contributed by atoms with van der Waals surface area (Å²) in [5.41, 5.74) is -1.26. The number of amides is 2. The molecule has 0 aromatic heterocycles. The largest absolute Gasteiger partial charge is 0.325 e. The summed E-state index contributed by atoms with van der Waals surface area (Å²) < 4.78 is 26.8. The van der Waals surface area contributed by atoms with Gasteiger partial charge >= 0.3 is 11.7 Å². The quantitative estimate of drug-likeness (QED) is 0.672. The minimum atomic E-state index is -1.27. The third-order valence-electron chi connectivity index (χ3n) is 3.37. The maximum absolute atomic E-state index is 13.6. The molecule has 0 saturated carbocycles. The standard InChI is InChI=1S/C13H15F2N3O3/c14-9-7-10(15)12(18(20)21)8-11(9)16-13(19)17-5-3-1-2-4-6-17/h7-8H,1-6H2,(H,16,19). The van der Waals surface area contributed by atoms with Crippen molar-refractivity contribution in [3.8, 4) is 0 Å². The SMILES string of the molecule is O=C(Nc1cc([N+](=O)[O-])c(F)cc1F)N1CCCCCC1. The molecule has 6 nitrogen and oxygen atoms in total. The van der Waals surface area contributed by atoms with Gasteiger partial charge < -0.3 is 10.2 Å². The Kier molecular flexibility index (Phi) is 4.66. The second kappa shape index (κ2) is 6.47. The normalized spacial score (nSPS) is 15.4. The van der Waals surface area contributed by atoms with Crippen molar-refractivity contribution >= 4 is 17.4 Å². The zero-order chi connectivity index (χ0) is 15.4. The molecule has 2 rings (SSSR count). The van der Waals surface area contributed by atoms with Gasteiger partial charge in [0.15, 0.2) is 0 Å². The molecule has 0 unspecified atom stereocenters. The van der Waals surface area contributed by atoms with Gasteiger partial charge in [-0.25, -0.2) is 9.18 Å². The molecule has 0 bridgehead atoms. The van der Waals surface area contributed by atoms with Gasteiger partial charge in [0.25, 0.3) is 0 Å². The van der Waals surface area contributed by atoms with Crippen LogP contribution in [0.2, 0.25) is 0 Å². The highest BCUT2D eigenvalue weighted by molar-refractivity contribution is 5.89. The number of likely N-dealkylation sites (tertiary alicyclic amines) is 1. The Hall–Kier alpha value is -2.25. The molecular formula is C13H15F2N3O3. The summed E-state index contributed by atoms with van der Waals surface area (Å²) in [4.78, 5) is 23.2. The van der Waals surface area contributed by atoms with E-state index in [1.54, 1.807) is 0 Å². The number of carbonyl (C=O) groups is 1. The molecule has 114 valence electrons. The van der Waals surface area contributed by atoms with E-state index in [2.05, 4.69) is 5.32 Å². The van der Waals surface area contributed by atoms with Crippen LogP contribution in [0.15, 0.2) is 12.1 Å². The minimum Gasteiger partial charge on any atom is -0.325 e. The first kappa shape index (κ1) is 15.1. The molecule has 1 aliphatic rings. The number of nitrogens with one attached hydrogen (secondary N) is 1. The molecule has 1 saturated heterocycles. The number of hydrogen-bond donors (Lipinski definition) is 1. The molecule has 0 spiro atoms. The van der Waals surface area contributed by atoms with Crippen LogP contribution in [0, 0.1) is 21.7 Å². The van der Waals surface area contributed by atoms with E-state index in [-0.39, 0.29) is 0 Å². The van der Waals surface area contributed by atoms with Crippen LogP contribution in [0.3, 0.4) is 0 Å². The number of carbonyl (C=O) groups excluding carboxylic acids is 1. The highest BCUT2D eigenvalue weighted by Gasteiger charge is 2.22. The van der Waals surface area contributed by atoms with Crippen molar-refractivity contribution in [2.75, 3.05) is 18.4 Å². The van der Waals surface area contributed by atoms with Gasteiger partial charge in [0.05, 0.1) is 10.6 Å². The van der Waals surface area contributed by atoms with Crippen LogP contribution < -0.4 is 5.32 Å². The van der Waals surface area contributed by atoms with Gasteiger partial charge in [0, 0.05) is 25.2 Å². The van der Waals surface area contributed by atoms with Crippen molar-refractivity contribution < 1.29 is 18.5 Å². The number of anilines is 1. The summed E-state index contributed by atoms with van der Waals surface area (Å²) in [6.07, 6.45) is 3.78. The molecule has 21 heavy (non-hydrogen) atoms. The van der Waals surface area contributed by atoms with E-state index in [1.165, 1.54) is 4.90 Å². The van der Waals surface area contributed by atoms with Gasteiger partial charge in [0.1, 0.15) is 5.82 Å². The van der Waals surface area contributed by atoms with Crippen molar-refractivity contribution in [3.05, 3.63) is 33.9 Å². The number of nitrogens with zero attached hydrogens (tertiary/aromatic N) is 2. The third-order valence-corrected chi connectivity index (χ3v) is 3.37. The van der Waals surface area contributed by atoms with E-state index < -0.39 is 34.0 Å². The van der Waals surface area contributed by atoms with Gasteiger partial charge in [-0.3, -0.25) is 10.1 Å². The van der Waals surface area contributed by atoms with Gasteiger partial charge in [-0.15, -0.1) is 0 Å². The van der Waals surface area contributed by atoms with Crippen LogP contribution in [0.25, 0.3) is 0 Å². The van der Waals surface area contributed by atoms with Crippen LogP contribution >= 0.6 is 0 Å². The Morgan fingerprint density at radius 2 is 1.76 bits per heavy atom. The molecule has 1 heterocycles. The highest BCUT2D eigenvalue weighted by Crippen LogP contribution is 2.25. The number of rotatable bonds is 2. The molecular weight excluding hydrogens is 284 g/mol. The number of hydrogen-bond acceptors (Lipinski definition) is 3. The smallest absolute Gasteiger partial charge is 0.321 e. The lowest BCUT2D eigenvalue weighted by Gasteiger charge is -2.20. The lowest BCUT2D eigenvalue weighted by atomic mass is 10.2. The molecule has 0 radical (unpaired) electrons. The van der Waals surface area contributed by atoms with Gasteiger partial charge in [-0.05, 0) is 12.8 Å². The van der Waals surface area contributed by atoms with Crippen molar-refractivity contribution in [2.24, 2.45) is 0 Å². The Morgan fingerprint density at radius 1 is 1.14 bits per heavy atom. The maximum atomic E-state index is 13.6. The van der Waals surface area contributed by atoms with E-state index in [1.807, 2.05) is 0 Å². The zero-order valence-electron chi connectivity index (χ0n) is 11.3. The number of urea groups is 1. The van der Waals surface area contributed by atoms with Gasteiger partial charge in [-0.1, -0.05) is 12.8 Å². The topological polar surface area (TPSA) is 75.5 Å². The lowest BCUT2D eigenvalue weighted by Crippen LogP contribution is -2.35. The van der Waals surface area contributed by atoms with Gasteiger partial charge in [0.2, 0.25) is 5.82 Å². The first-order valence-electron chi connectivity index (χ1n) is 6.68. The fraction of sp³-hybridized carbons (Fsp3) is 0.462. The average molecular weight is 299 g/mol. The summed E-state index contributed by atoms with van der Waals surface area (Å²) in [7, 11) is 0. The third kappa shape index (κ3) is 3.65. The molecule has 1 aromatic carbocycles. The summed E-state index contributed by atoms with van der Waals surface area (Å²) in [6, 6.07) is 0.563. The number of benzene rings is 1. The first-order valence-corrected chi connectivity index (χ1v) is 6.68. The molecule has 2 amide bonds. The number of nitro groups is 1. The van der Waals surface area contributed by atoms with Crippen molar-refractivity contribution in [1.29, 1.82) is 0 Å². The lowest BCUT2D eigenvalue weighted by molar-refractivity contribution is -0.387. The number of nitro benzene ring substituents is 1. The summed E-state index contributed by atoms with van der Waals surface area (Å²) in [5.74, 6) is -2.31. The summed E-state index contributed by atoms with van der Waals surface area (Å²) in [6.45, 7) is 1.10. The van der Waals surface area contributed by atoms with Crippen molar-refractivity contribution in [2.45, 2.75) is 25.7 Å². The van der Waals surface area contributed by atoms with E-state index in [0.29, 0.717) is 25.2 Å². The monoisotopic (exact) mass is 299 g/mol. The predicted molar refractivity (Wildman–Crippen MR) is 72.1 cm³/mol. The van der Waals surface area contributed by atoms with Crippen LogP contribution in [0.5, 0.6) is 0 Å². The molecule has 1 aromatic rings. The summed E-state index contributed by atoms with van der Waals surface area (Å²) in [5, 5.41) is 12.9. The average Bonchev–Trinajstić information content (AvgIpc) is 2.70. The fourth-order valence-electron chi connectivity index (χ4n) is 2.24. The Morgan fingerprint density at radius 3 is 2.33 bits per heavy atom. The molecule has 1 aliphatic heterocycles. The minimum absolute atomic E-state index is 0.391. The van der Waals surface area contributed by atoms with Gasteiger partial charge in [-0.2, -0.15) is 4.39 Å². The Bertz CT molecular complexity index is 558. The van der Waals surface area contributed by atoms with E-state index >= 15 is 0 Å². The molecule has 0 aliphatic carbocycles. The second-order valence-corrected chi connectivity index (χ2v) is 4.87.